The van der Waals surface area contributed by atoms with E-state index < -0.39 is 0 Å². The van der Waals surface area contributed by atoms with Crippen LogP contribution in [0.25, 0.3) is 11.4 Å². The van der Waals surface area contributed by atoms with Crippen molar-refractivity contribution in [2.45, 2.75) is 51.5 Å². The van der Waals surface area contributed by atoms with Crippen molar-refractivity contribution in [2.75, 3.05) is 13.7 Å². The highest BCUT2D eigenvalue weighted by Crippen LogP contribution is 2.65. The van der Waals surface area contributed by atoms with E-state index in [0.29, 0.717) is 19.1 Å². The molecule has 1 amide bonds. The zero-order valence-electron chi connectivity index (χ0n) is 16.0. The maximum absolute atomic E-state index is 13.5. The maximum atomic E-state index is 13.5. The summed E-state index contributed by atoms with van der Waals surface area (Å²) >= 11 is 1.62. The molecule has 0 spiro atoms. The average Bonchev–Trinajstić information content (AvgIpc) is 3.39. The Hall–Kier alpha value is -1.80. The lowest BCUT2D eigenvalue weighted by atomic mass is 9.75. The van der Waals surface area contributed by atoms with Crippen LogP contribution >= 0.6 is 11.3 Å². The van der Waals surface area contributed by atoms with Gasteiger partial charge < -0.3 is 9.30 Å². The second-order valence-electron chi connectivity index (χ2n) is 8.98. The van der Waals surface area contributed by atoms with Gasteiger partial charge in [-0.2, -0.15) is 4.99 Å². The quantitative estimate of drug-likeness (QED) is 0.788. The summed E-state index contributed by atoms with van der Waals surface area (Å²) in [5.41, 5.74) is 2.50. The zero-order valence-corrected chi connectivity index (χ0v) is 16.8. The summed E-state index contributed by atoms with van der Waals surface area (Å²) in [7, 11) is 1.69. The second-order valence-corrected chi connectivity index (χ2v) is 10.0. The second kappa shape index (κ2) is 6.10. The van der Waals surface area contributed by atoms with Gasteiger partial charge in [0.2, 0.25) is 0 Å². The minimum absolute atomic E-state index is 0.116. The number of ether oxygens (including phenoxy) is 1. The van der Waals surface area contributed by atoms with Crippen LogP contribution in [-0.2, 0) is 28.9 Å². The highest BCUT2D eigenvalue weighted by atomic mass is 32.1. The number of aryl methyl sites for hydroxylation is 2. The SMILES string of the molecule is COCCn1c2c(s/c1=N\C(=O)C13CC4CC(CC1C4)C3)CCc1nonc1-2. The van der Waals surface area contributed by atoms with Gasteiger partial charge in [0.25, 0.3) is 5.91 Å². The van der Waals surface area contributed by atoms with Gasteiger partial charge in [-0.25, -0.2) is 4.63 Å². The molecule has 5 aliphatic carbocycles. The Labute approximate surface area is 166 Å². The van der Waals surface area contributed by atoms with Crippen molar-refractivity contribution in [3.8, 4) is 11.4 Å². The topological polar surface area (TPSA) is 82.5 Å². The summed E-state index contributed by atoms with van der Waals surface area (Å²) in [6.07, 6.45) is 7.60. The molecule has 2 aromatic rings. The Bertz CT molecular complexity index is 1010. The van der Waals surface area contributed by atoms with Crippen molar-refractivity contribution >= 4 is 17.2 Å². The number of amides is 1. The van der Waals surface area contributed by atoms with Crippen molar-refractivity contribution in [1.29, 1.82) is 0 Å². The normalized spacial score (nSPS) is 32.8. The molecule has 2 aromatic heterocycles. The largest absolute Gasteiger partial charge is 0.383 e. The first-order chi connectivity index (χ1) is 13.7. The number of hydrogen-bond donors (Lipinski definition) is 0. The zero-order chi connectivity index (χ0) is 18.9. The van der Waals surface area contributed by atoms with Crippen LogP contribution in [0.4, 0.5) is 0 Å². The molecular formula is C20H24N4O3S. The standard InChI is InChI=1S/C20H24N4O3S/c1-26-5-4-24-17-15(3-2-14-16(17)23-27-22-14)28-19(24)21-18(25)20-9-11-6-12(10-20)8-13(20)7-11/h11-13H,2-10H2,1H3/b21-19-. The lowest BCUT2D eigenvalue weighted by Crippen LogP contribution is -2.33. The van der Waals surface area contributed by atoms with Crippen molar-refractivity contribution in [3.05, 3.63) is 15.4 Å². The molecule has 0 saturated heterocycles. The number of rotatable bonds is 4. The number of methoxy groups -OCH3 is 1. The molecule has 0 radical (unpaired) electrons. The molecule has 4 fully saturated rings. The third kappa shape index (κ3) is 2.30. The van der Waals surface area contributed by atoms with Crippen LogP contribution in [0.3, 0.4) is 0 Å². The van der Waals surface area contributed by atoms with Gasteiger partial charge in [-0.15, -0.1) is 11.3 Å². The molecule has 2 unspecified atom stereocenters. The minimum atomic E-state index is -0.183. The van der Waals surface area contributed by atoms with E-state index in [2.05, 4.69) is 14.9 Å². The van der Waals surface area contributed by atoms with Crippen molar-refractivity contribution in [1.82, 2.24) is 14.9 Å². The number of fused-ring (bicyclic) bond motifs is 3. The minimum Gasteiger partial charge on any atom is -0.383 e. The summed E-state index contributed by atoms with van der Waals surface area (Å²) in [5, 5.41) is 8.18. The molecule has 7 nitrogen and oxygen atoms in total. The van der Waals surface area contributed by atoms with Crippen molar-refractivity contribution in [3.63, 3.8) is 0 Å². The monoisotopic (exact) mass is 400 g/mol. The molecule has 2 heterocycles. The summed E-state index contributed by atoms with van der Waals surface area (Å²) in [6, 6.07) is 0. The van der Waals surface area contributed by atoms with Gasteiger partial charge in [0.05, 0.1) is 17.7 Å². The van der Waals surface area contributed by atoms with Crippen LogP contribution in [0.15, 0.2) is 9.62 Å². The number of aromatic nitrogens is 3. The van der Waals surface area contributed by atoms with E-state index in [9.17, 15) is 4.79 Å². The highest BCUT2D eigenvalue weighted by molar-refractivity contribution is 7.09. The Morgan fingerprint density at radius 3 is 2.89 bits per heavy atom. The Morgan fingerprint density at radius 2 is 2.11 bits per heavy atom. The number of hydrogen-bond acceptors (Lipinski definition) is 6. The first kappa shape index (κ1) is 17.1. The molecule has 0 aromatic carbocycles. The maximum Gasteiger partial charge on any atom is 0.254 e. The van der Waals surface area contributed by atoms with Gasteiger partial charge in [-0.05, 0) is 61.4 Å². The lowest BCUT2D eigenvalue weighted by molar-refractivity contribution is -0.129. The average molecular weight is 401 g/mol. The number of carbonyl (C=O) groups excluding carboxylic acids is 1. The molecule has 0 aliphatic heterocycles. The Morgan fingerprint density at radius 1 is 1.29 bits per heavy atom. The van der Waals surface area contributed by atoms with Gasteiger partial charge >= 0.3 is 0 Å². The van der Waals surface area contributed by atoms with E-state index in [1.807, 2.05) is 0 Å². The molecule has 4 bridgehead atoms. The number of carbonyl (C=O) groups is 1. The Kier molecular flexibility index (Phi) is 3.72. The van der Waals surface area contributed by atoms with Crippen LogP contribution in [0, 0.1) is 23.2 Å². The van der Waals surface area contributed by atoms with Crippen molar-refractivity contribution < 1.29 is 14.2 Å². The van der Waals surface area contributed by atoms with Gasteiger partial charge in [-0.1, -0.05) is 5.16 Å². The Balaban J connectivity index is 1.45. The van der Waals surface area contributed by atoms with Crippen LogP contribution in [0.2, 0.25) is 0 Å². The summed E-state index contributed by atoms with van der Waals surface area (Å²) < 4.78 is 12.4. The van der Waals surface area contributed by atoms with Crippen LogP contribution < -0.4 is 4.80 Å². The van der Waals surface area contributed by atoms with E-state index in [1.54, 1.807) is 18.4 Å². The molecule has 148 valence electrons. The predicted octanol–water partition coefficient (Wildman–Crippen LogP) is 2.60. The van der Waals surface area contributed by atoms with Crippen LogP contribution in [0.1, 0.15) is 42.7 Å². The summed E-state index contributed by atoms with van der Waals surface area (Å²) in [5.74, 6) is 2.17. The van der Waals surface area contributed by atoms with Crippen LogP contribution in [-0.4, -0.2) is 34.5 Å². The number of nitrogens with zero attached hydrogens (tertiary/aromatic N) is 4. The fraction of sp³-hybridized carbons (Fsp3) is 0.700. The number of thiazole rings is 1. The molecule has 5 aliphatic rings. The van der Waals surface area contributed by atoms with Gasteiger partial charge in [0.15, 0.2) is 10.5 Å². The smallest absolute Gasteiger partial charge is 0.254 e. The molecule has 7 rings (SSSR count). The van der Waals surface area contributed by atoms with E-state index >= 15 is 0 Å². The van der Waals surface area contributed by atoms with Gasteiger partial charge in [-0.3, -0.25) is 4.79 Å². The van der Waals surface area contributed by atoms with E-state index in [4.69, 9.17) is 14.4 Å². The first-order valence-electron chi connectivity index (χ1n) is 10.3. The van der Waals surface area contributed by atoms with E-state index in [0.717, 1.165) is 59.4 Å². The van der Waals surface area contributed by atoms with Gasteiger partial charge in [0, 0.05) is 25.0 Å². The summed E-state index contributed by atoms with van der Waals surface area (Å²) in [6.45, 7) is 1.20. The molecule has 8 heteroatoms. The van der Waals surface area contributed by atoms with Crippen LogP contribution in [0.5, 0.6) is 0 Å². The fourth-order valence-electron chi connectivity index (χ4n) is 6.49. The molecule has 28 heavy (non-hydrogen) atoms. The van der Waals surface area contributed by atoms with Crippen molar-refractivity contribution in [2.24, 2.45) is 28.2 Å². The predicted molar refractivity (Wildman–Crippen MR) is 101 cm³/mol. The van der Waals surface area contributed by atoms with Gasteiger partial charge in [0.1, 0.15) is 5.69 Å². The third-order valence-corrected chi connectivity index (χ3v) is 8.62. The lowest BCUT2D eigenvalue weighted by Gasteiger charge is -2.29. The van der Waals surface area contributed by atoms with E-state index in [-0.39, 0.29) is 11.3 Å². The molecule has 4 saturated carbocycles. The molecule has 2 atom stereocenters. The summed E-state index contributed by atoms with van der Waals surface area (Å²) in [4.78, 5) is 20.2. The van der Waals surface area contributed by atoms with E-state index in [1.165, 1.54) is 24.1 Å². The first-order valence-corrected chi connectivity index (χ1v) is 11.1. The highest BCUT2D eigenvalue weighted by Gasteiger charge is 2.61. The molecule has 0 N–H and O–H groups in total. The molecular weight excluding hydrogens is 376 g/mol. The fourth-order valence-corrected chi connectivity index (χ4v) is 7.64. The third-order valence-electron chi connectivity index (χ3n) is 7.48.